The highest BCUT2D eigenvalue weighted by Gasteiger charge is 2.23. The molecule has 1 amide bonds. The summed E-state index contributed by atoms with van der Waals surface area (Å²) in [5.74, 6) is -1.63. The second-order valence-electron chi connectivity index (χ2n) is 8.74. The fourth-order valence-electron chi connectivity index (χ4n) is 3.64. The molecular weight excluding hydrogens is 516 g/mol. The Kier molecular flexibility index (Phi) is 7.00. The van der Waals surface area contributed by atoms with Gasteiger partial charge in [-0.15, -0.1) is 11.3 Å². The monoisotopic (exact) mass is 540 g/mol. The molecule has 0 saturated heterocycles. The standard InChI is InChI=1S/C25H24N4O6S2/c1-14(2)15-5-9-17(10-6-15)29-24(31)20-19(21(27-29)25(32)33)13-36-23(20)26-22(30)16-7-11-18(12-8-16)37(34,35)28(3)4/h5-14H,1-4H3,(H,26,30)(H,32,33). The summed E-state index contributed by atoms with van der Waals surface area (Å²) in [6.07, 6.45) is 0. The number of amides is 1. The van der Waals surface area contributed by atoms with Gasteiger partial charge in [-0.05, 0) is 47.9 Å². The van der Waals surface area contributed by atoms with Crippen LogP contribution in [0.15, 0.2) is 63.6 Å². The van der Waals surface area contributed by atoms with Crippen molar-refractivity contribution in [3.63, 3.8) is 0 Å². The second kappa shape index (κ2) is 9.88. The van der Waals surface area contributed by atoms with Crippen LogP contribution in [0.2, 0.25) is 0 Å². The van der Waals surface area contributed by atoms with Crippen LogP contribution in [0.5, 0.6) is 0 Å². The van der Waals surface area contributed by atoms with Crippen LogP contribution < -0.4 is 10.9 Å². The molecule has 0 aliphatic rings. The summed E-state index contributed by atoms with van der Waals surface area (Å²) in [6.45, 7) is 4.06. The molecule has 0 spiro atoms. The molecule has 12 heteroatoms. The number of thiophene rings is 1. The number of sulfonamides is 1. The molecule has 0 radical (unpaired) electrons. The maximum absolute atomic E-state index is 13.4. The zero-order valence-electron chi connectivity index (χ0n) is 20.4. The highest BCUT2D eigenvalue weighted by atomic mass is 32.2. The fraction of sp³-hybridized carbons (Fsp3) is 0.200. The van der Waals surface area contributed by atoms with Crippen molar-refractivity contribution in [1.29, 1.82) is 0 Å². The number of hydrogen-bond acceptors (Lipinski definition) is 7. The highest BCUT2D eigenvalue weighted by molar-refractivity contribution is 7.89. The van der Waals surface area contributed by atoms with E-state index in [9.17, 15) is 27.9 Å². The lowest BCUT2D eigenvalue weighted by Gasteiger charge is -2.12. The first-order chi connectivity index (χ1) is 17.4. The highest BCUT2D eigenvalue weighted by Crippen LogP contribution is 2.31. The number of benzene rings is 2. The molecule has 0 fully saturated rings. The molecule has 192 valence electrons. The van der Waals surface area contributed by atoms with E-state index in [1.54, 1.807) is 12.1 Å². The van der Waals surface area contributed by atoms with Crippen molar-refractivity contribution in [3.05, 3.63) is 81.1 Å². The first-order valence-electron chi connectivity index (χ1n) is 11.1. The topological polar surface area (TPSA) is 139 Å². The van der Waals surface area contributed by atoms with E-state index in [1.165, 1.54) is 43.7 Å². The van der Waals surface area contributed by atoms with E-state index in [1.807, 2.05) is 26.0 Å². The Morgan fingerprint density at radius 1 is 1.05 bits per heavy atom. The number of nitrogens with zero attached hydrogens (tertiary/aromatic N) is 3. The zero-order valence-corrected chi connectivity index (χ0v) is 22.1. The molecule has 0 aliphatic carbocycles. The van der Waals surface area contributed by atoms with Gasteiger partial charge in [0.2, 0.25) is 10.0 Å². The molecule has 4 aromatic rings. The first kappa shape index (κ1) is 26.2. The van der Waals surface area contributed by atoms with Crippen molar-refractivity contribution in [2.75, 3.05) is 19.4 Å². The van der Waals surface area contributed by atoms with Crippen molar-refractivity contribution in [1.82, 2.24) is 14.1 Å². The number of carbonyl (C=O) groups is 2. The van der Waals surface area contributed by atoms with Gasteiger partial charge in [-0.2, -0.15) is 9.78 Å². The molecular formula is C25H24N4O6S2. The lowest BCUT2D eigenvalue weighted by Crippen LogP contribution is -2.25. The molecule has 2 N–H and O–H groups in total. The third-order valence-electron chi connectivity index (χ3n) is 5.78. The van der Waals surface area contributed by atoms with E-state index in [4.69, 9.17) is 0 Å². The molecule has 37 heavy (non-hydrogen) atoms. The Balaban J connectivity index is 1.75. The predicted molar refractivity (Wildman–Crippen MR) is 142 cm³/mol. The van der Waals surface area contributed by atoms with Crippen molar-refractivity contribution < 1.29 is 23.1 Å². The largest absolute Gasteiger partial charge is 0.476 e. The Morgan fingerprint density at radius 2 is 1.68 bits per heavy atom. The van der Waals surface area contributed by atoms with E-state index < -0.39 is 27.5 Å². The molecule has 0 bridgehead atoms. The van der Waals surface area contributed by atoms with E-state index in [-0.39, 0.29) is 37.8 Å². The van der Waals surface area contributed by atoms with Crippen LogP contribution in [-0.4, -0.2) is 53.6 Å². The van der Waals surface area contributed by atoms with E-state index in [2.05, 4.69) is 10.4 Å². The summed E-state index contributed by atoms with van der Waals surface area (Å²) < 4.78 is 26.6. The molecule has 0 unspecified atom stereocenters. The van der Waals surface area contributed by atoms with E-state index in [0.717, 1.165) is 25.9 Å². The summed E-state index contributed by atoms with van der Waals surface area (Å²) >= 11 is 1.00. The molecule has 2 heterocycles. The zero-order chi connectivity index (χ0) is 27.1. The van der Waals surface area contributed by atoms with Crippen LogP contribution in [0, 0.1) is 0 Å². The van der Waals surface area contributed by atoms with Gasteiger partial charge in [-0.1, -0.05) is 26.0 Å². The lowest BCUT2D eigenvalue weighted by atomic mass is 10.0. The molecule has 10 nitrogen and oxygen atoms in total. The molecule has 0 aliphatic heterocycles. The lowest BCUT2D eigenvalue weighted by molar-refractivity contribution is 0.0690. The summed E-state index contributed by atoms with van der Waals surface area (Å²) in [4.78, 5) is 38.3. The van der Waals surface area contributed by atoms with Crippen LogP contribution in [0.3, 0.4) is 0 Å². The number of carboxylic acids is 1. The van der Waals surface area contributed by atoms with Gasteiger partial charge in [0, 0.05) is 30.4 Å². The average Bonchev–Trinajstić information content (AvgIpc) is 3.28. The molecule has 4 rings (SSSR count). The number of hydrogen-bond donors (Lipinski definition) is 2. The predicted octanol–water partition coefficient (Wildman–Crippen LogP) is 3.77. The Morgan fingerprint density at radius 3 is 2.22 bits per heavy atom. The number of rotatable bonds is 7. The Bertz CT molecular complexity index is 1670. The quantitative estimate of drug-likeness (QED) is 0.364. The number of carboxylic acid groups (broad SMARTS) is 1. The number of fused-ring (bicyclic) bond motifs is 1. The van der Waals surface area contributed by atoms with E-state index in [0.29, 0.717) is 5.69 Å². The number of carbonyl (C=O) groups excluding carboxylic acids is 1. The summed E-state index contributed by atoms with van der Waals surface area (Å²) in [5.41, 5.74) is 0.694. The van der Waals surface area contributed by atoms with Crippen molar-refractivity contribution in [3.8, 4) is 5.69 Å². The van der Waals surface area contributed by atoms with Gasteiger partial charge in [0.1, 0.15) is 5.00 Å². The maximum Gasteiger partial charge on any atom is 0.357 e. The van der Waals surface area contributed by atoms with Crippen molar-refractivity contribution in [2.45, 2.75) is 24.7 Å². The Hall–Kier alpha value is -3.87. The number of aromatic nitrogens is 2. The average molecular weight is 541 g/mol. The normalized spacial score (nSPS) is 11.8. The first-order valence-corrected chi connectivity index (χ1v) is 13.5. The van der Waals surface area contributed by atoms with Crippen LogP contribution in [-0.2, 0) is 10.0 Å². The smallest absolute Gasteiger partial charge is 0.357 e. The van der Waals surface area contributed by atoms with E-state index >= 15 is 0 Å². The fourth-order valence-corrected chi connectivity index (χ4v) is 5.47. The van der Waals surface area contributed by atoms with Gasteiger partial charge in [0.25, 0.3) is 11.5 Å². The third kappa shape index (κ3) is 4.90. The van der Waals surface area contributed by atoms with Gasteiger partial charge < -0.3 is 10.4 Å². The van der Waals surface area contributed by atoms with Crippen molar-refractivity contribution in [2.24, 2.45) is 0 Å². The third-order valence-corrected chi connectivity index (χ3v) is 8.51. The van der Waals surface area contributed by atoms with Crippen LogP contribution in [0.25, 0.3) is 16.5 Å². The van der Waals surface area contributed by atoms with Gasteiger partial charge in [-0.3, -0.25) is 9.59 Å². The van der Waals surface area contributed by atoms with Crippen molar-refractivity contribution >= 4 is 49.0 Å². The van der Waals surface area contributed by atoms with Crippen LogP contribution in [0.4, 0.5) is 5.00 Å². The number of anilines is 1. The second-order valence-corrected chi connectivity index (χ2v) is 11.8. The number of nitrogens with one attached hydrogen (secondary N) is 1. The van der Waals surface area contributed by atoms with Gasteiger partial charge in [-0.25, -0.2) is 17.5 Å². The van der Waals surface area contributed by atoms with Crippen LogP contribution >= 0.6 is 11.3 Å². The maximum atomic E-state index is 13.4. The molecule has 2 aromatic carbocycles. The molecule has 0 atom stereocenters. The van der Waals surface area contributed by atoms with Gasteiger partial charge >= 0.3 is 5.97 Å². The molecule has 0 saturated carbocycles. The minimum absolute atomic E-state index is 0.0190. The summed E-state index contributed by atoms with van der Waals surface area (Å²) in [5, 5.41) is 18.2. The minimum Gasteiger partial charge on any atom is -0.476 e. The van der Waals surface area contributed by atoms with Crippen LogP contribution in [0.1, 0.15) is 46.2 Å². The van der Waals surface area contributed by atoms with Gasteiger partial charge in [0.05, 0.1) is 16.0 Å². The summed E-state index contributed by atoms with van der Waals surface area (Å²) in [7, 11) is -0.846. The van der Waals surface area contributed by atoms with Gasteiger partial charge in [0.15, 0.2) is 5.69 Å². The SMILES string of the molecule is CC(C)c1ccc(-n2nc(C(=O)O)c3csc(NC(=O)c4ccc(S(=O)(=O)N(C)C)cc4)c3c2=O)cc1. The minimum atomic E-state index is -3.66. The number of aromatic carboxylic acids is 1. The summed E-state index contributed by atoms with van der Waals surface area (Å²) in [6, 6.07) is 12.4. The Labute approximate surface area is 216 Å². The molecule has 2 aromatic heterocycles.